The van der Waals surface area contributed by atoms with Crippen molar-refractivity contribution >= 4 is 0 Å². The van der Waals surface area contributed by atoms with E-state index >= 15 is 0 Å². The summed E-state index contributed by atoms with van der Waals surface area (Å²) in [7, 11) is 0. The summed E-state index contributed by atoms with van der Waals surface area (Å²) < 4.78 is 13.1. The minimum Gasteiger partial charge on any atom is -0.313 e. The van der Waals surface area contributed by atoms with Gasteiger partial charge in [-0.25, -0.2) is 4.39 Å². The molecule has 0 heterocycles. The number of benzene rings is 1. The first-order valence-electron chi connectivity index (χ1n) is 8.33. The van der Waals surface area contributed by atoms with Crippen LogP contribution in [0.1, 0.15) is 51.2 Å². The molecule has 2 aliphatic carbocycles. The van der Waals surface area contributed by atoms with E-state index in [1.165, 1.54) is 24.8 Å². The van der Waals surface area contributed by atoms with E-state index < -0.39 is 0 Å². The Morgan fingerprint density at radius 1 is 1.29 bits per heavy atom. The van der Waals surface area contributed by atoms with Crippen molar-refractivity contribution in [3.8, 4) is 0 Å². The number of hydrogen-bond acceptors (Lipinski definition) is 1. The zero-order valence-electron chi connectivity index (χ0n) is 13.8. The van der Waals surface area contributed by atoms with Crippen LogP contribution in [0.15, 0.2) is 18.2 Å². The van der Waals surface area contributed by atoms with Crippen LogP contribution in [0.2, 0.25) is 0 Å². The maximum absolute atomic E-state index is 13.1. The molecule has 1 aromatic carbocycles. The third-order valence-corrected chi connectivity index (χ3v) is 6.88. The molecule has 2 saturated carbocycles. The van der Waals surface area contributed by atoms with Crippen LogP contribution >= 0.6 is 0 Å². The molecule has 2 fully saturated rings. The highest BCUT2D eigenvalue weighted by atomic mass is 19.1. The Balaban J connectivity index is 1.60. The van der Waals surface area contributed by atoms with Gasteiger partial charge in [0.15, 0.2) is 0 Å². The molecule has 116 valence electrons. The number of fused-ring (bicyclic) bond motifs is 2. The molecule has 1 aromatic rings. The van der Waals surface area contributed by atoms with Crippen molar-refractivity contribution in [2.75, 3.05) is 6.54 Å². The molecular weight excluding hydrogens is 261 g/mol. The van der Waals surface area contributed by atoms with Gasteiger partial charge in [0, 0.05) is 6.04 Å². The van der Waals surface area contributed by atoms with Gasteiger partial charge in [-0.1, -0.05) is 26.8 Å². The molecule has 2 aliphatic rings. The van der Waals surface area contributed by atoms with Gasteiger partial charge >= 0.3 is 0 Å². The van der Waals surface area contributed by atoms with Crippen LogP contribution in [0.25, 0.3) is 0 Å². The van der Waals surface area contributed by atoms with Gasteiger partial charge in [0.1, 0.15) is 5.82 Å². The fraction of sp³-hybridized carbons (Fsp3) is 0.684. The summed E-state index contributed by atoms with van der Waals surface area (Å²) in [4.78, 5) is 0. The van der Waals surface area contributed by atoms with Gasteiger partial charge in [0.2, 0.25) is 0 Å². The van der Waals surface area contributed by atoms with Crippen LogP contribution in [-0.4, -0.2) is 12.6 Å². The van der Waals surface area contributed by atoms with Crippen molar-refractivity contribution in [1.29, 1.82) is 0 Å². The number of halogens is 1. The zero-order valence-corrected chi connectivity index (χ0v) is 13.8. The number of nitrogens with one attached hydrogen (secondary N) is 1. The van der Waals surface area contributed by atoms with Crippen LogP contribution in [0, 0.1) is 29.5 Å². The standard InChI is InChI=1S/C19H28FN/c1-13-11-16(20)6-5-14(13)8-10-21-17-12-15-7-9-19(17,4)18(15,2)3/h5-6,11,15,17,21H,7-10,12H2,1-4H3. The number of hydrogen-bond donors (Lipinski definition) is 1. The molecular formula is C19H28FN. The zero-order chi connectivity index (χ0) is 15.3. The summed E-state index contributed by atoms with van der Waals surface area (Å²) in [6.45, 7) is 10.4. The molecule has 0 aromatic heterocycles. The predicted molar refractivity (Wildman–Crippen MR) is 85.9 cm³/mol. The van der Waals surface area contributed by atoms with Gasteiger partial charge in [-0.15, -0.1) is 0 Å². The summed E-state index contributed by atoms with van der Waals surface area (Å²) in [6.07, 6.45) is 5.08. The number of aryl methyl sites for hydroxylation is 1. The molecule has 1 N–H and O–H groups in total. The summed E-state index contributed by atoms with van der Waals surface area (Å²) in [5.41, 5.74) is 3.24. The molecule has 3 rings (SSSR count). The smallest absolute Gasteiger partial charge is 0.123 e. The fourth-order valence-electron chi connectivity index (χ4n) is 4.83. The van der Waals surface area contributed by atoms with Crippen LogP contribution in [-0.2, 0) is 6.42 Å². The lowest BCUT2D eigenvalue weighted by molar-refractivity contribution is 0.121. The van der Waals surface area contributed by atoms with Crippen LogP contribution in [0.4, 0.5) is 4.39 Å². The Morgan fingerprint density at radius 3 is 2.62 bits per heavy atom. The molecule has 21 heavy (non-hydrogen) atoms. The molecule has 0 saturated heterocycles. The lowest BCUT2D eigenvalue weighted by Crippen LogP contribution is -2.45. The van der Waals surface area contributed by atoms with E-state index in [0.717, 1.165) is 24.4 Å². The molecule has 0 spiro atoms. The van der Waals surface area contributed by atoms with Crippen molar-refractivity contribution in [1.82, 2.24) is 5.32 Å². The molecule has 3 unspecified atom stereocenters. The highest BCUT2D eigenvalue weighted by Gasteiger charge is 2.60. The van der Waals surface area contributed by atoms with E-state index in [1.807, 2.05) is 13.0 Å². The van der Waals surface area contributed by atoms with Crippen molar-refractivity contribution < 1.29 is 4.39 Å². The Hall–Kier alpha value is -0.890. The van der Waals surface area contributed by atoms with Gasteiger partial charge < -0.3 is 5.32 Å². The normalized spacial score (nSPS) is 33.6. The lowest BCUT2D eigenvalue weighted by atomic mass is 9.69. The van der Waals surface area contributed by atoms with Gasteiger partial charge in [-0.3, -0.25) is 0 Å². The Morgan fingerprint density at radius 2 is 2.05 bits per heavy atom. The van der Waals surface area contributed by atoms with Crippen molar-refractivity contribution in [2.24, 2.45) is 16.7 Å². The van der Waals surface area contributed by atoms with E-state index in [0.29, 0.717) is 16.9 Å². The number of rotatable bonds is 4. The second kappa shape index (κ2) is 5.08. The van der Waals surface area contributed by atoms with E-state index in [9.17, 15) is 4.39 Å². The summed E-state index contributed by atoms with van der Waals surface area (Å²) >= 11 is 0. The first-order chi connectivity index (χ1) is 9.84. The SMILES string of the molecule is Cc1cc(F)ccc1CCNC1CC2CCC1(C)C2(C)C. The highest BCUT2D eigenvalue weighted by molar-refractivity contribution is 5.26. The van der Waals surface area contributed by atoms with E-state index in [-0.39, 0.29) is 5.82 Å². The summed E-state index contributed by atoms with van der Waals surface area (Å²) in [5.74, 6) is 0.749. The van der Waals surface area contributed by atoms with Crippen molar-refractivity contribution in [3.05, 3.63) is 35.1 Å². The predicted octanol–water partition coefficient (Wildman–Crippen LogP) is 4.48. The Labute approximate surface area is 128 Å². The fourth-order valence-corrected chi connectivity index (χ4v) is 4.83. The average molecular weight is 289 g/mol. The topological polar surface area (TPSA) is 12.0 Å². The molecule has 3 atom stereocenters. The third-order valence-electron chi connectivity index (χ3n) is 6.88. The van der Waals surface area contributed by atoms with Gasteiger partial charge in [-0.05, 0) is 79.2 Å². The van der Waals surface area contributed by atoms with Crippen molar-refractivity contribution in [3.63, 3.8) is 0 Å². The third kappa shape index (κ3) is 2.32. The first-order valence-corrected chi connectivity index (χ1v) is 8.33. The Bertz CT molecular complexity index is 536. The van der Waals surface area contributed by atoms with E-state index in [4.69, 9.17) is 0 Å². The van der Waals surface area contributed by atoms with Gasteiger partial charge in [-0.2, -0.15) is 0 Å². The summed E-state index contributed by atoms with van der Waals surface area (Å²) in [5, 5.41) is 3.81. The highest BCUT2D eigenvalue weighted by Crippen LogP contribution is 2.65. The molecule has 0 radical (unpaired) electrons. The Kier molecular flexibility index (Phi) is 3.64. The second-order valence-electron chi connectivity index (χ2n) is 7.94. The monoisotopic (exact) mass is 289 g/mol. The molecule has 0 amide bonds. The van der Waals surface area contributed by atoms with Crippen molar-refractivity contribution in [2.45, 2.75) is 59.4 Å². The minimum absolute atomic E-state index is 0.133. The van der Waals surface area contributed by atoms with Crippen LogP contribution in [0.5, 0.6) is 0 Å². The largest absolute Gasteiger partial charge is 0.313 e. The van der Waals surface area contributed by atoms with Crippen LogP contribution < -0.4 is 5.32 Å². The first kappa shape index (κ1) is 15.0. The molecule has 0 aliphatic heterocycles. The molecule has 2 bridgehead atoms. The maximum atomic E-state index is 13.1. The molecule has 1 nitrogen and oxygen atoms in total. The lowest BCUT2D eigenvalue weighted by Gasteiger charge is -2.39. The second-order valence-corrected chi connectivity index (χ2v) is 7.94. The van der Waals surface area contributed by atoms with E-state index in [1.54, 1.807) is 12.1 Å². The minimum atomic E-state index is -0.133. The summed E-state index contributed by atoms with van der Waals surface area (Å²) in [6, 6.07) is 5.78. The molecule has 2 heteroatoms. The maximum Gasteiger partial charge on any atom is 0.123 e. The quantitative estimate of drug-likeness (QED) is 0.861. The van der Waals surface area contributed by atoms with Gasteiger partial charge in [0.25, 0.3) is 0 Å². The average Bonchev–Trinajstić information content (AvgIpc) is 2.74. The van der Waals surface area contributed by atoms with Gasteiger partial charge in [0.05, 0.1) is 0 Å². The van der Waals surface area contributed by atoms with E-state index in [2.05, 4.69) is 26.1 Å². The van der Waals surface area contributed by atoms with Crippen LogP contribution in [0.3, 0.4) is 0 Å².